The van der Waals surface area contributed by atoms with Crippen LogP contribution in [0.3, 0.4) is 0 Å². The Kier molecular flexibility index (Phi) is 4.70. The van der Waals surface area contributed by atoms with Crippen LogP contribution >= 0.6 is 0 Å². The Balaban J connectivity index is 2.36. The summed E-state index contributed by atoms with van der Waals surface area (Å²) in [5, 5.41) is 13.6. The number of anilines is 1. The first-order valence-electron chi connectivity index (χ1n) is 7.33. The van der Waals surface area contributed by atoms with Crippen LogP contribution in [0.2, 0.25) is 0 Å². The van der Waals surface area contributed by atoms with Crippen LogP contribution in [0.1, 0.15) is 37.0 Å². The van der Waals surface area contributed by atoms with E-state index in [0.29, 0.717) is 23.3 Å². The highest BCUT2D eigenvalue weighted by molar-refractivity contribution is 6.05. The van der Waals surface area contributed by atoms with Gasteiger partial charge in [-0.25, -0.2) is 4.98 Å². The van der Waals surface area contributed by atoms with Crippen molar-refractivity contribution in [3.8, 4) is 0 Å². The van der Waals surface area contributed by atoms with E-state index >= 15 is 0 Å². The number of primary amides is 1. The van der Waals surface area contributed by atoms with Gasteiger partial charge in [-0.2, -0.15) is 0 Å². The second-order valence-electron chi connectivity index (χ2n) is 5.52. The number of pyridine rings is 1. The molecule has 0 fully saturated rings. The number of nitrogens with zero attached hydrogens (tertiary/aromatic N) is 1. The molecule has 2 rings (SSSR count). The molecule has 0 bridgehead atoms. The number of aliphatic hydroxyl groups excluding tert-OH is 1. The zero-order valence-electron chi connectivity index (χ0n) is 12.9. The maximum Gasteiger partial charge on any atom is 0.252 e. The topological polar surface area (TPSA) is 104 Å². The highest BCUT2D eigenvalue weighted by atomic mass is 16.3. The third kappa shape index (κ3) is 3.21. The first-order valence-corrected chi connectivity index (χ1v) is 7.33. The SMILES string of the molecule is C=C(O)CC(CC)[C@@H](C)Nc1c(C(N)=O)cnc2[nH]ccc12. The fraction of sp³-hybridized carbons (Fsp3) is 0.375. The summed E-state index contributed by atoms with van der Waals surface area (Å²) in [5.41, 5.74) is 7.18. The molecule has 0 saturated heterocycles. The zero-order valence-corrected chi connectivity index (χ0v) is 12.9. The Hall–Kier alpha value is -2.50. The molecule has 0 spiro atoms. The Labute approximate surface area is 129 Å². The summed E-state index contributed by atoms with van der Waals surface area (Å²) in [5.74, 6) is -0.164. The quantitative estimate of drug-likeness (QED) is 0.590. The van der Waals surface area contributed by atoms with Crippen LogP contribution in [0.5, 0.6) is 0 Å². The molecule has 0 aliphatic rings. The van der Waals surface area contributed by atoms with E-state index in [1.807, 2.05) is 13.0 Å². The molecule has 6 heteroatoms. The number of hydrogen-bond acceptors (Lipinski definition) is 4. The first kappa shape index (κ1) is 15.9. The van der Waals surface area contributed by atoms with Crippen LogP contribution in [-0.2, 0) is 0 Å². The van der Waals surface area contributed by atoms with Gasteiger partial charge in [-0.3, -0.25) is 4.79 Å². The van der Waals surface area contributed by atoms with Gasteiger partial charge in [0.2, 0.25) is 0 Å². The maximum absolute atomic E-state index is 11.7. The summed E-state index contributed by atoms with van der Waals surface area (Å²) >= 11 is 0. The monoisotopic (exact) mass is 302 g/mol. The predicted octanol–water partition coefficient (Wildman–Crippen LogP) is 2.95. The molecule has 1 unspecified atom stereocenters. The van der Waals surface area contributed by atoms with Gasteiger partial charge < -0.3 is 21.1 Å². The van der Waals surface area contributed by atoms with E-state index in [2.05, 4.69) is 28.8 Å². The van der Waals surface area contributed by atoms with Crippen LogP contribution in [0.4, 0.5) is 5.69 Å². The van der Waals surface area contributed by atoms with Crippen LogP contribution in [0.25, 0.3) is 11.0 Å². The van der Waals surface area contributed by atoms with Gasteiger partial charge >= 0.3 is 0 Å². The van der Waals surface area contributed by atoms with E-state index in [4.69, 9.17) is 5.73 Å². The maximum atomic E-state index is 11.7. The molecule has 0 aliphatic carbocycles. The van der Waals surface area contributed by atoms with E-state index in [-0.39, 0.29) is 17.7 Å². The number of aromatic nitrogens is 2. The van der Waals surface area contributed by atoms with E-state index in [1.165, 1.54) is 6.20 Å². The first-order chi connectivity index (χ1) is 10.4. The molecule has 2 heterocycles. The smallest absolute Gasteiger partial charge is 0.252 e. The van der Waals surface area contributed by atoms with E-state index in [0.717, 1.165) is 11.8 Å². The summed E-state index contributed by atoms with van der Waals surface area (Å²) in [4.78, 5) is 18.9. The Bertz CT molecular complexity index is 693. The lowest BCUT2D eigenvalue weighted by molar-refractivity contribution is 0.100. The van der Waals surface area contributed by atoms with Gasteiger partial charge in [0.15, 0.2) is 0 Å². The van der Waals surface area contributed by atoms with Gasteiger partial charge in [0.05, 0.1) is 17.0 Å². The second-order valence-corrected chi connectivity index (χ2v) is 5.52. The minimum atomic E-state index is -0.523. The van der Waals surface area contributed by atoms with Crippen molar-refractivity contribution in [2.24, 2.45) is 11.7 Å². The van der Waals surface area contributed by atoms with Crippen LogP contribution in [0, 0.1) is 5.92 Å². The number of amides is 1. The number of aliphatic hydroxyl groups is 1. The third-order valence-corrected chi connectivity index (χ3v) is 3.95. The molecular weight excluding hydrogens is 280 g/mol. The van der Waals surface area contributed by atoms with E-state index in [9.17, 15) is 9.90 Å². The number of H-pyrrole nitrogens is 1. The number of hydrogen-bond donors (Lipinski definition) is 4. The summed E-state index contributed by atoms with van der Waals surface area (Å²) in [6, 6.07) is 1.89. The summed E-state index contributed by atoms with van der Waals surface area (Å²) in [6.07, 6.45) is 4.63. The van der Waals surface area contributed by atoms with E-state index < -0.39 is 5.91 Å². The average molecular weight is 302 g/mol. The standard InChI is InChI=1S/C16H22N4O2/c1-4-11(7-9(2)21)10(3)20-14-12-5-6-18-16(12)19-8-13(14)15(17)22/h5-6,8,10-11,21H,2,4,7H2,1,3H3,(H2,17,22)(H2,18,19,20)/t10-,11?/m1/s1. The third-order valence-electron chi connectivity index (χ3n) is 3.95. The molecule has 2 aromatic heterocycles. The molecule has 0 aromatic carbocycles. The van der Waals surface area contributed by atoms with Gasteiger partial charge in [0, 0.05) is 30.2 Å². The van der Waals surface area contributed by atoms with Crippen molar-refractivity contribution in [3.05, 3.63) is 36.4 Å². The lowest BCUT2D eigenvalue weighted by Crippen LogP contribution is -2.27. The van der Waals surface area contributed by atoms with Gasteiger partial charge in [0.25, 0.3) is 5.91 Å². The number of carbonyl (C=O) groups excluding carboxylic acids is 1. The molecule has 5 N–H and O–H groups in total. The van der Waals surface area contributed by atoms with Gasteiger partial charge in [-0.15, -0.1) is 0 Å². The second kappa shape index (κ2) is 6.51. The van der Waals surface area contributed by atoms with Crippen molar-refractivity contribution in [1.29, 1.82) is 0 Å². The number of fused-ring (bicyclic) bond motifs is 1. The number of carbonyl (C=O) groups is 1. The lowest BCUT2D eigenvalue weighted by Gasteiger charge is -2.25. The van der Waals surface area contributed by atoms with Crippen LogP contribution in [-0.4, -0.2) is 27.0 Å². The summed E-state index contributed by atoms with van der Waals surface area (Å²) < 4.78 is 0. The molecule has 2 aromatic rings. The molecule has 6 nitrogen and oxygen atoms in total. The molecule has 118 valence electrons. The Morgan fingerprint density at radius 2 is 2.32 bits per heavy atom. The number of aromatic amines is 1. The number of allylic oxidation sites excluding steroid dienone is 1. The van der Waals surface area contributed by atoms with Gasteiger partial charge in [-0.05, 0) is 18.9 Å². The van der Waals surface area contributed by atoms with Gasteiger partial charge in [0.1, 0.15) is 5.65 Å². The Morgan fingerprint density at radius 1 is 1.59 bits per heavy atom. The van der Waals surface area contributed by atoms with Crippen LogP contribution < -0.4 is 11.1 Å². The zero-order chi connectivity index (χ0) is 16.3. The van der Waals surface area contributed by atoms with Crippen molar-refractivity contribution in [3.63, 3.8) is 0 Å². The molecule has 2 atom stereocenters. The fourth-order valence-electron chi connectivity index (χ4n) is 2.67. The summed E-state index contributed by atoms with van der Waals surface area (Å²) in [6.45, 7) is 7.63. The predicted molar refractivity (Wildman–Crippen MR) is 87.9 cm³/mol. The van der Waals surface area contributed by atoms with E-state index in [1.54, 1.807) is 6.20 Å². The molecule has 0 saturated carbocycles. The number of rotatable bonds is 7. The highest BCUT2D eigenvalue weighted by Gasteiger charge is 2.20. The lowest BCUT2D eigenvalue weighted by atomic mass is 9.93. The molecule has 1 amide bonds. The van der Waals surface area contributed by atoms with Crippen molar-refractivity contribution in [2.45, 2.75) is 32.7 Å². The van der Waals surface area contributed by atoms with Crippen molar-refractivity contribution in [2.75, 3.05) is 5.32 Å². The number of nitrogens with one attached hydrogen (secondary N) is 2. The minimum Gasteiger partial charge on any atom is -0.513 e. The number of nitrogens with two attached hydrogens (primary N) is 1. The van der Waals surface area contributed by atoms with Crippen LogP contribution in [0.15, 0.2) is 30.8 Å². The van der Waals surface area contributed by atoms with Gasteiger partial charge in [-0.1, -0.05) is 19.9 Å². The Morgan fingerprint density at radius 3 is 2.91 bits per heavy atom. The molecule has 0 radical (unpaired) electrons. The van der Waals surface area contributed by atoms with Crippen molar-refractivity contribution < 1.29 is 9.90 Å². The highest BCUT2D eigenvalue weighted by Crippen LogP contribution is 2.28. The molecule has 22 heavy (non-hydrogen) atoms. The summed E-state index contributed by atoms with van der Waals surface area (Å²) in [7, 11) is 0. The molecular formula is C16H22N4O2. The van der Waals surface area contributed by atoms with Crippen molar-refractivity contribution in [1.82, 2.24) is 9.97 Å². The minimum absolute atomic E-state index is 0.0347. The average Bonchev–Trinajstić information content (AvgIpc) is 2.93. The largest absolute Gasteiger partial charge is 0.513 e. The molecule has 0 aliphatic heterocycles. The van der Waals surface area contributed by atoms with Crippen molar-refractivity contribution >= 4 is 22.6 Å². The normalized spacial score (nSPS) is 13.7. The fourth-order valence-corrected chi connectivity index (χ4v) is 2.67.